The molecule has 7 heteroatoms. The third kappa shape index (κ3) is 7.94. The molecule has 0 aromatic heterocycles. The first-order chi connectivity index (χ1) is 13.6. The first-order valence-electron chi connectivity index (χ1n) is 10.1. The number of guanidine groups is 1. The molecule has 0 aliphatic carbocycles. The van der Waals surface area contributed by atoms with E-state index in [1.54, 1.807) is 21.3 Å². The minimum atomic E-state index is 0.00896. The van der Waals surface area contributed by atoms with Crippen LogP contribution in [-0.4, -0.2) is 77.6 Å². The molecule has 1 aliphatic rings. The molecule has 1 aromatic carbocycles. The number of likely N-dealkylation sites (tertiary alicyclic amines) is 1. The minimum absolute atomic E-state index is 0.00896. The van der Waals surface area contributed by atoms with E-state index in [1.807, 2.05) is 31.2 Å². The average molecular weight is 393 g/mol. The van der Waals surface area contributed by atoms with Crippen molar-refractivity contribution >= 4 is 5.96 Å². The van der Waals surface area contributed by atoms with Crippen LogP contribution in [0, 0.1) is 5.92 Å². The zero-order chi connectivity index (χ0) is 20.2. The Hall–Kier alpha value is -1.99. The van der Waals surface area contributed by atoms with Crippen molar-refractivity contribution in [2.45, 2.75) is 25.9 Å². The molecule has 1 atom stereocenters. The maximum absolute atomic E-state index is 5.95. The number of hydrogen-bond donors (Lipinski definition) is 2. The predicted molar refractivity (Wildman–Crippen MR) is 113 cm³/mol. The first-order valence-corrected chi connectivity index (χ1v) is 10.1. The molecule has 0 bridgehead atoms. The summed E-state index contributed by atoms with van der Waals surface area (Å²) < 4.78 is 16.3. The van der Waals surface area contributed by atoms with Gasteiger partial charge in [-0.25, -0.2) is 0 Å². The summed E-state index contributed by atoms with van der Waals surface area (Å²) in [6, 6.07) is 7.66. The summed E-state index contributed by atoms with van der Waals surface area (Å²) >= 11 is 0. The highest BCUT2D eigenvalue weighted by Gasteiger charge is 2.19. The Morgan fingerprint density at radius 1 is 1.21 bits per heavy atom. The lowest BCUT2D eigenvalue weighted by atomic mass is 9.97. The van der Waals surface area contributed by atoms with Crippen molar-refractivity contribution in [2.24, 2.45) is 10.9 Å². The molecule has 0 spiro atoms. The van der Waals surface area contributed by atoms with Crippen LogP contribution in [0.4, 0.5) is 0 Å². The number of methoxy groups -OCH3 is 2. The fraction of sp³-hybridized carbons (Fsp3) is 0.667. The molecule has 1 aliphatic heterocycles. The van der Waals surface area contributed by atoms with Crippen LogP contribution in [0.5, 0.6) is 11.5 Å². The summed E-state index contributed by atoms with van der Waals surface area (Å²) in [5, 5.41) is 6.80. The van der Waals surface area contributed by atoms with Gasteiger partial charge in [-0.3, -0.25) is 4.99 Å². The lowest BCUT2D eigenvalue weighted by Gasteiger charge is -2.32. The molecule has 1 saturated heterocycles. The Bertz CT molecular complexity index is 589. The molecular weight excluding hydrogens is 356 g/mol. The summed E-state index contributed by atoms with van der Waals surface area (Å²) in [6.07, 6.45) is 2.43. The van der Waals surface area contributed by atoms with Gasteiger partial charge < -0.3 is 29.7 Å². The van der Waals surface area contributed by atoms with Crippen molar-refractivity contribution in [3.63, 3.8) is 0 Å². The van der Waals surface area contributed by atoms with Gasteiger partial charge in [-0.05, 0) is 50.9 Å². The van der Waals surface area contributed by atoms with Crippen LogP contribution in [0.2, 0.25) is 0 Å². The second-order valence-electron chi connectivity index (χ2n) is 7.22. The van der Waals surface area contributed by atoms with Crippen LogP contribution in [0.1, 0.15) is 19.8 Å². The van der Waals surface area contributed by atoms with Crippen LogP contribution in [0.3, 0.4) is 0 Å². The van der Waals surface area contributed by atoms with Crippen molar-refractivity contribution in [1.29, 1.82) is 0 Å². The van der Waals surface area contributed by atoms with E-state index in [4.69, 9.17) is 14.2 Å². The fourth-order valence-corrected chi connectivity index (χ4v) is 3.29. The Morgan fingerprint density at radius 3 is 2.64 bits per heavy atom. The van der Waals surface area contributed by atoms with Gasteiger partial charge in [0.15, 0.2) is 5.96 Å². The van der Waals surface area contributed by atoms with Gasteiger partial charge in [-0.2, -0.15) is 0 Å². The van der Waals surface area contributed by atoms with Crippen molar-refractivity contribution in [3.8, 4) is 11.5 Å². The first kappa shape index (κ1) is 22.3. The van der Waals surface area contributed by atoms with E-state index in [1.165, 1.54) is 12.8 Å². The Labute approximate surface area is 169 Å². The van der Waals surface area contributed by atoms with Gasteiger partial charge in [0.25, 0.3) is 0 Å². The normalized spacial score (nSPS) is 17.2. The van der Waals surface area contributed by atoms with E-state index in [2.05, 4.69) is 20.5 Å². The predicted octanol–water partition coefficient (Wildman–Crippen LogP) is 1.99. The number of ether oxygens (including phenoxy) is 3. The van der Waals surface area contributed by atoms with Gasteiger partial charge in [0.1, 0.15) is 17.6 Å². The van der Waals surface area contributed by atoms with Gasteiger partial charge in [0.2, 0.25) is 0 Å². The summed E-state index contributed by atoms with van der Waals surface area (Å²) in [6.45, 7) is 7.80. The Balaban J connectivity index is 1.65. The van der Waals surface area contributed by atoms with Gasteiger partial charge in [-0.15, -0.1) is 0 Å². The SMILES string of the molecule is CN=C(NCC1CCN(CCOC)CC1)NCC(C)Oc1cccc(OC)c1. The van der Waals surface area contributed by atoms with Crippen LogP contribution in [0.25, 0.3) is 0 Å². The molecule has 0 saturated carbocycles. The third-order valence-corrected chi connectivity index (χ3v) is 5.04. The highest BCUT2D eigenvalue weighted by atomic mass is 16.5. The molecule has 2 N–H and O–H groups in total. The number of benzene rings is 1. The van der Waals surface area contributed by atoms with Crippen LogP contribution < -0.4 is 20.1 Å². The summed E-state index contributed by atoms with van der Waals surface area (Å²) in [4.78, 5) is 6.80. The number of hydrogen-bond acceptors (Lipinski definition) is 5. The van der Waals surface area contributed by atoms with Gasteiger partial charge >= 0.3 is 0 Å². The molecular formula is C21H36N4O3. The van der Waals surface area contributed by atoms with Crippen molar-refractivity contribution < 1.29 is 14.2 Å². The molecule has 1 aromatic rings. The van der Waals surface area contributed by atoms with Crippen molar-refractivity contribution in [3.05, 3.63) is 24.3 Å². The lowest BCUT2D eigenvalue weighted by molar-refractivity contribution is 0.121. The average Bonchev–Trinajstić information content (AvgIpc) is 2.73. The lowest BCUT2D eigenvalue weighted by Crippen LogP contribution is -2.45. The van der Waals surface area contributed by atoms with Crippen molar-refractivity contribution in [2.75, 3.05) is 60.6 Å². The summed E-state index contributed by atoms with van der Waals surface area (Å²) in [5.41, 5.74) is 0. The van der Waals surface area contributed by atoms with E-state index in [0.29, 0.717) is 12.5 Å². The highest BCUT2D eigenvalue weighted by Crippen LogP contribution is 2.20. The fourth-order valence-electron chi connectivity index (χ4n) is 3.29. The standard InChI is InChI=1S/C21H36N4O3/c1-17(28-20-7-5-6-19(14-20)27-4)15-23-21(22-2)24-16-18-8-10-25(11-9-18)12-13-26-3/h5-7,14,17-18H,8-13,15-16H2,1-4H3,(H2,22,23,24). The minimum Gasteiger partial charge on any atom is -0.497 e. The van der Waals surface area contributed by atoms with Gasteiger partial charge in [0, 0.05) is 33.3 Å². The molecule has 1 heterocycles. The monoisotopic (exact) mass is 392 g/mol. The molecule has 28 heavy (non-hydrogen) atoms. The van der Waals surface area contributed by atoms with E-state index in [9.17, 15) is 0 Å². The van der Waals surface area contributed by atoms with Gasteiger partial charge in [0.05, 0.1) is 20.3 Å². The summed E-state index contributed by atoms with van der Waals surface area (Å²) in [7, 11) is 5.22. The van der Waals surface area contributed by atoms with E-state index < -0.39 is 0 Å². The Kier molecular flexibility index (Phi) is 9.93. The van der Waals surface area contributed by atoms with E-state index in [0.717, 1.165) is 50.2 Å². The van der Waals surface area contributed by atoms with Gasteiger partial charge in [-0.1, -0.05) is 6.07 Å². The topological polar surface area (TPSA) is 67.4 Å². The zero-order valence-corrected chi connectivity index (χ0v) is 17.7. The number of aliphatic imine (C=N–C) groups is 1. The molecule has 0 amide bonds. The second-order valence-corrected chi connectivity index (χ2v) is 7.22. The highest BCUT2D eigenvalue weighted by molar-refractivity contribution is 5.79. The smallest absolute Gasteiger partial charge is 0.191 e. The van der Waals surface area contributed by atoms with Crippen molar-refractivity contribution in [1.82, 2.24) is 15.5 Å². The van der Waals surface area contributed by atoms with Crippen LogP contribution >= 0.6 is 0 Å². The zero-order valence-electron chi connectivity index (χ0n) is 17.7. The summed E-state index contributed by atoms with van der Waals surface area (Å²) in [5.74, 6) is 3.10. The third-order valence-electron chi connectivity index (χ3n) is 5.04. The maximum Gasteiger partial charge on any atom is 0.191 e. The number of nitrogens with one attached hydrogen (secondary N) is 2. The van der Waals surface area contributed by atoms with E-state index >= 15 is 0 Å². The quantitative estimate of drug-likeness (QED) is 0.469. The number of rotatable bonds is 10. The molecule has 158 valence electrons. The molecule has 7 nitrogen and oxygen atoms in total. The van der Waals surface area contributed by atoms with Crippen LogP contribution in [-0.2, 0) is 4.74 Å². The molecule has 0 radical (unpaired) electrons. The number of piperidine rings is 1. The Morgan fingerprint density at radius 2 is 1.96 bits per heavy atom. The second kappa shape index (κ2) is 12.5. The molecule has 1 fully saturated rings. The number of nitrogens with zero attached hydrogens (tertiary/aromatic N) is 2. The molecule has 2 rings (SSSR count). The van der Waals surface area contributed by atoms with Crippen LogP contribution in [0.15, 0.2) is 29.3 Å². The maximum atomic E-state index is 5.95. The molecule has 1 unspecified atom stereocenters. The van der Waals surface area contributed by atoms with E-state index in [-0.39, 0.29) is 6.10 Å². The largest absolute Gasteiger partial charge is 0.497 e.